The smallest absolute Gasteiger partial charge is 0.262 e. The second-order valence-electron chi connectivity index (χ2n) is 5.56. The van der Waals surface area contributed by atoms with Gasteiger partial charge >= 0.3 is 0 Å². The first-order valence-corrected chi connectivity index (χ1v) is 10.2. The number of thiocarbonyl (C=S) groups is 1. The maximum Gasteiger partial charge on any atom is 0.262 e. The van der Waals surface area contributed by atoms with Crippen LogP contribution in [0.2, 0.25) is 0 Å². The molecule has 0 aromatic heterocycles. The van der Waals surface area contributed by atoms with E-state index >= 15 is 0 Å². The molecule has 0 radical (unpaired) electrons. The Kier molecular flexibility index (Phi) is 7.23. The first kappa shape index (κ1) is 20.0. The molecule has 140 valence electrons. The maximum atomic E-state index is 12.6. The van der Waals surface area contributed by atoms with Crippen LogP contribution in [-0.4, -0.2) is 27.2 Å². The molecule has 8 heteroatoms. The molecular weight excluding hydrogens is 370 g/mol. The number of hydrogen-bond acceptors (Lipinski definition) is 4. The Hall–Kier alpha value is -2.32. The van der Waals surface area contributed by atoms with Gasteiger partial charge in [0, 0.05) is 12.2 Å². The van der Waals surface area contributed by atoms with E-state index in [1.165, 1.54) is 19.2 Å². The fraction of sp³-hybridized carbons (Fsp3) is 0.278. The third-order valence-electron chi connectivity index (χ3n) is 3.59. The number of nitrogens with one attached hydrogen (secondary N) is 3. The van der Waals surface area contributed by atoms with Gasteiger partial charge in [0.2, 0.25) is 0 Å². The minimum absolute atomic E-state index is 0.152. The summed E-state index contributed by atoms with van der Waals surface area (Å²) < 4.78 is 32.8. The van der Waals surface area contributed by atoms with Crippen LogP contribution < -0.4 is 20.1 Å². The standard InChI is InChI=1S/C18H23N3O3S2/c1-3-4-13-19-18(25)20-14-9-11-15(12-10-14)26(22,23)21-16-7-5-6-8-17(16)24-2/h5-12,21H,3-4,13H2,1-2H3,(H2,19,20,25). The molecule has 26 heavy (non-hydrogen) atoms. The van der Waals surface area contributed by atoms with E-state index in [-0.39, 0.29) is 4.90 Å². The fourth-order valence-corrected chi connectivity index (χ4v) is 3.49. The van der Waals surface area contributed by atoms with Crippen LogP contribution in [0.1, 0.15) is 19.8 Å². The van der Waals surface area contributed by atoms with E-state index in [0.717, 1.165) is 25.1 Å². The van der Waals surface area contributed by atoms with Crippen LogP contribution in [0.25, 0.3) is 0 Å². The van der Waals surface area contributed by atoms with Gasteiger partial charge in [0.1, 0.15) is 5.75 Å². The Balaban J connectivity index is 2.05. The Labute approximate surface area is 160 Å². The summed E-state index contributed by atoms with van der Waals surface area (Å²) in [5.41, 5.74) is 1.11. The van der Waals surface area contributed by atoms with E-state index in [4.69, 9.17) is 17.0 Å². The third-order valence-corrected chi connectivity index (χ3v) is 5.22. The molecule has 0 heterocycles. The van der Waals surface area contributed by atoms with Gasteiger partial charge in [-0.1, -0.05) is 25.5 Å². The minimum Gasteiger partial charge on any atom is -0.495 e. The van der Waals surface area contributed by atoms with Crippen molar-refractivity contribution >= 4 is 38.7 Å². The van der Waals surface area contributed by atoms with Crippen molar-refractivity contribution in [3.63, 3.8) is 0 Å². The van der Waals surface area contributed by atoms with Crippen molar-refractivity contribution in [1.82, 2.24) is 5.32 Å². The molecule has 2 rings (SSSR count). The topological polar surface area (TPSA) is 79.5 Å². The molecule has 0 saturated heterocycles. The predicted molar refractivity (Wildman–Crippen MR) is 109 cm³/mol. The van der Waals surface area contributed by atoms with Crippen molar-refractivity contribution in [1.29, 1.82) is 0 Å². The van der Waals surface area contributed by atoms with Gasteiger partial charge < -0.3 is 15.4 Å². The number of sulfonamides is 1. The number of ether oxygens (including phenoxy) is 1. The number of para-hydroxylation sites is 2. The number of benzene rings is 2. The molecule has 0 amide bonds. The van der Waals surface area contributed by atoms with Crippen LogP contribution in [0, 0.1) is 0 Å². The summed E-state index contributed by atoms with van der Waals surface area (Å²) >= 11 is 5.20. The Morgan fingerprint density at radius 1 is 1.12 bits per heavy atom. The van der Waals surface area contributed by atoms with Crippen LogP contribution in [0.5, 0.6) is 5.75 Å². The van der Waals surface area contributed by atoms with Gasteiger partial charge in [-0.2, -0.15) is 0 Å². The summed E-state index contributed by atoms with van der Waals surface area (Å²) in [5.74, 6) is 0.456. The summed E-state index contributed by atoms with van der Waals surface area (Å²) in [7, 11) is -2.22. The third kappa shape index (κ3) is 5.60. The predicted octanol–water partition coefficient (Wildman–Crippen LogP) is 3.58. The lowest BCUT2D eigenvalue weighted by Crippen LogP contribution is -2.29. The van der Waals surface area contributed by atoms with Gasteiger partial charge in [0.15, 0.2) is 5.11 Å². The highest BCUT2D eigenvalue weighted by molar-refractivity contribution is 7.92. The van der Waals surface area contributed by atoms with Crippen molar-refractivity contribution in [2.75, 3.05) is 23.7 Å². The van der Waals surface area contributed by atoms with Gasteiger partial charge in [-0.3, -0.25) is 4.72 Å². The average molecular weight is 394 g/mol. The maximum absolute atomic E-state index is 12.6. The summed E-state index contributed by atoms with van der Waals surface area (Å²) in [6.07, 6.45) is 2.12. The SMILES string of the molecule is CCCCNC(=S)Nc1ccc(S(=O)(=O)Nc2ccccc2OC)cc1. The van der Waals surface area contributed by atoms with Crippen molar-refractivity contribution in [3.05, 3.63) is 48.5 Å². The van der Waals surface area contributed by atoms with Gasteiger partial charge in [-0.25, -0.2) is 8.42 Å². The monoisotopic (exact) mass is 393 g/mol. The molecule has 0 atom stereocenters. The number of hydrogen-bond donors (Lipinski definition) is 3. The van der Waals surface area contributed by atoms with Crippen molar-refractivity contribution in [2.24, 2.45) is 0 Å². The van der Waals surface area contributed by atoms with Gasteiger partial charge in [0.25, 0.3) is 10.0 Å². The van der Waals surface area contributed by atoms with Gasteiger partial charge in [0.05, 0.1) is 17.7 Å². The van der Waals surface area contributed by atoms with E-state index in [1.807, 2.05) is 0 Å². The van der Waals surface area contributed by atoms with E-state index in [9.17, 15) is 8.42 Å². The summed E-state index contributed by atoms with van der Waals surface area (Å²) in [6.45, 7) is 2.91. The molecule has 2 aromatic rings. The summed E-state index contributed by atoms with van der Waals surface area (Å²) in [5, 5.41) is 6.65. The second-order valence-corrected chi connectivity index (χ2v) is 7.66. The Bertz CT molecular complexity index is 837. The molecule has 0 bridgehead atoms. The number of unbranched alkanes of at least 4 members (excludes halogenated alkanes) is 1. The van der Waals surface area contributed by atoms with Crippen molar-refractivity contribution in [2.45, 2.75) is 24.7 Å². The lowest BCUT2D eigenvalue weighted by Gasteiger charge is -2.13. The molecular formula is C18H23N3O3S2. The highest BCUT2D eigenvalue weighted by Gasteiger charge is 2.16. The van der Waals surface area contributed by atoms with Crippen molar-refractivity contribution in [3.8, 4) is 5.75 Å². The highest BCUT2D eigenvalue weighted by Crippen LogP contribution is 2.26. The normalized spacial score (nSPS) is 10.8. The molecule has 0 spiro atoms. The number of anilines is 2. The second kappa shape index (κ2) is 9.40. The Morgan fingerprint density at radius 2 is 1.81 bits per heavy atom. The van der Waals surface area contributed by atoms with Crippen molar-refractivity contribution < 1.29 is 13.2 Å². The van der Waals surface area contributed by atoms with E-state index in [1.54, 1.807) is 36.4 Å². The van der Waals surface area contributed by atoms with Gasteiger partial charge in [-0.05, 0) is 55.0 Å². The van der Waals surface area contributed by atoms with Crippen LogP contribution in [-0.2, 0) is 10.0 Å². The zero-order valence-corrected chi connectivity index (χ0v) is 16.4. The lowest BCUT2D eigenvalue weighted by atomic mass is 10.3. The first-order chi connectivity index (χ1) is 12.5. The highest BCUT2D eigenvalue weighted by atomic mass is 32.2. The molecule has 0 unspecified atom stereocenters. The molecule has 2 aromatic carbocycles. The van der Waals surface area contributed by atoms with Crippen LogP contribution in [0.3, 0.4) is 0 Å². The molecule has 0 fully saturated rings. The van der Waals surface area contributed by atoms with Gasteiger partial charge in [-0.15, -0.1) is 0 Å². The largest absolute Gasteiger partial charge is 0.495 e. The molecule has 0 saturated carbocycles. The average Bonchev–Trinajstić information content (AvgIpc) is 2.62. The molecule has 0 aliphatic carbocycles. The minimum atomic E-state index is -3.71. The molecule has 3 N–H and O–H groups in total. The summed E-state index contributed by atoms with van der Waals surface area (Å²) in [6, 6.07) is 13.2. The van der Waals surface area contributed by atoms with Crippen LogP contribution >= 0.6 is 12.2 Å². The molecule has 0 aliphatic heterocycles. The first-order valence-electron chi connectivity index (χ1n) is 8.27. The quantitative estimate of drug-likeness (QED) is 0.470. The number of methoxy groups -OCH3 is 1. The van der Waals surface area contributed by atoms with E-state index in [2.05, 4.69) is 22.3 Å². The molecule has 6 nitrogen and oxygen atoms in total. The number of rotatable bonds is 8. The lowest BCUT2D eigenvalue weighted by molar-refractivity contribution is 0.417. The van der Waals surface area contributed by atoms with E-state index < -0.39 is 10.0 Å². The fourth-order valence-electron chi connectivity index (χ4n) is 2.20. The zero-order chi connectivity index (χ0) is 19.0. The zero-order valence-electron chi connectivity index (χ0n) is 14.8. The molecule has 0 aliphatic rings. The van der Waals surface area contributed by atoms with Crippen LogP contribution in [0.15, 0.2) is 53.4 Å². The Morgan fingerprint density at radius 3 is 2.46 bits per heavy atom. The van der Waals surface area contributed by atoms with Crippen LogP contribution in [0.4, 0.5) is 11.4 Å². The summed E-state index contributed by atoms with van der Waals surface area (Å²) in [4.78, 5) is 0.152. The van der Waals surface area contributed by atoms with E-state index in [0.29, 0.717) is 16.5 Å².